The van der Waals surface area contributed by atoms with Crippen LogP contribution in [0.25, 0.3) is 10.9 Å². The fraction of sp³-hybridized carbons (Fsp3) is 0.471. The zero-order chi connectivity index (χ0) is 17.1. The maximum absolute atomic E-state index is 12.4. The molecule has 1 heterocycles. The van der Waals surface area contributed by atoms with Crippen molar-refractivity contribution in [1.29, 1.82) is 0 Å². The number of carbonyl (C=O) groups is 1. The molecule has 0 aliphatic rings. The molecular weight excluding hydrogens is 310 g/mol. The number of benzene rings is 1. The van der Waals surface area contributed by atoms with Crippen LogP contribution >= 0.6 is 11.8 Å². The minimum atomic E-state index is -0.0878. The van der Waals surface area contributed by atoms with Gasteiger partial charge < -0.3 is 4.90 Å². The first-order valence-corrected chi connectivity index (χ1v) is 8.71. The van der Waals surface area contributed by atoms with Crippen LogP contribution in [0.2, 0.25) is 0 Å². The van der Waals surface area contributed by atoms with Crippen LogP contribution in [0.4, 0.5) is 0 Å². The number of nitrogens with zero attached hydrogens (tertiary/aromatic N) is 3. The van der Waals surface area contributed by atoms with E-state index in [0.717, 1.165) is 0 Å². The van der Waals surface area contributed by atoms with Crippen molar-refractivity contribution >= 4 is 28.6 Å². The summed E-state index contributed by atoms with van der Waals surface area (Å²) in [4.78, 5) is 31.2. The molecule has 0 atom stereocenters. The van der Waals surface area contributed by atoms with Gasteiger partial charge in [-0.15, -0.1) is 0 Å². The van der Waals surface area contributed by atoms with E-state index >= 15 is 0 Å². The van der Waals surface area contributed by atoms with Crippen LogP contribution in [-0.4, -0.2) is 38.2 Å². The smallest absolute Gasteiger partial charge is 0.261 e. The predicted octanol–water partition coefficient (Wildman–Crippen LogP) is 2.67. The van der Waals surface area contributed by atoms with Crippen LogP contribution in [0.3, 0.4) is 0 Å². The third kappa shape index (κ3) is 3.75. The normalized spacial score (nSPS) is 11.4. The van der Waals surface area contributed by atoms with Crippen LogP contribution in [0.15, 0.2) is 34.2 Å². The Morgan fingerprint density at radius 1 is 1.22 bits per heavy atom. The van der Waals surface area contributed by atoms with Crippen molar-refractivity contribution in [3.8, 4) is 0 Å². The molecule has 0 saturated heterocycles. The minimum Gasteiger partial charge on any atom is -0.337 e. The van der Waals surface area contributed by atoms with Crippen molar-refractivity contribution in [2.75, 3.05) is 5.75 Å². The summed E-state index contributed by atoms with van der Waals surface area (Å²) >= 11 is 1.31. The average molecular weight is 333 g/mol. The Morgan fingerprint density at radius 3 is 2.43 bits per heavy atom. The molecule has 0 aliphatic heterocycles. The van der Waals surface area contributed by atoms with Gasteiger partial charge in [-0.3, -0.25) is 14.2 Å². The number of rotatable bonds is 5. The van der Waals surface area contributed by atoms with E-state index < -0.39 is 0 Å². The van der Waals surface area contributed by atoms with Gasteiger partial charge in [0.05, 0.1) is 16.7 Å². The average Bonchev–Trinajstić information content (AvgIpc) is 2.48. The number of fused-ring (bicyclic) bond motifs is 1. The lowest BCUT2D eigenvalue weighted by Gasteiger charge is -2.30. The quantitative estimate of drug-likeness (QED) is 0.623. The summed E-state index contributed by atoms with van der Waals surface area (Å²) in [5.41, 5.74) is 0.574. The molecular formula is C17H23N3O2S. The summed E-state index contributed by atoms with van der Waals surface area (Å²) in [6, 6.07) is 7.56. The monoisotopic (exact) mass is 333 g/mol. The second kappa shape index (κ2) is 7.17. The van der Waals surface area contributed by atoms with Crippen LogP contribution in [-0.2, 0) is 11.8 Å². The molecule has 1 aromatic carbocycles. The van der Waals surface area contributed by atoms with Gasteiger partial charge in [0.1, 0.15) is 0 Å². The first-order chi connectivity index (χ1) is 10.8. The Bertz CT molecular complexity index is 760. The number of hydrogen-bond donors (Lipinski definition) is 0. The topological polar surface area (TPSA) is 55.2 Å². The molecule has 0 aliphatic carbocycles. The Hall–Kier alpha value is -1.82. The first-order valence-electron chi connectivity index (χ1n) is 7.72. The van der Waals surface area contributed by atoms with Crippen molar-refractivity contribution in [1.82, 2.24) is 14.5 Å². The molecule has 0 unspecified atom stereocenters. The lowest BCUT2D eigenvalue weighted by Crippen LogP contribution is -2.43. The van der Waals surface area contributed by atoms with Crippen molar-refractivity contribution in [3.05, 3.63) is 34.6 Å². The van der Waals surface area contributed by atoms with E-state index in [1.807, 2.05) is 50.8 Å². The van der Waals surface area contributed by atoms with Gasteiger partial charge in [-0.2, -0.15) is 0 Å². The number of aromatic nitrogens is 2. The molecule has 124 valence electrons. The van der Waals surface area contributed by atoms with E-state index in [0.29, 0.717) is 16.1 Å². The minimum absolute atomic E-state index is 0.0578. The van der Waals surface area contributed by atoms with Gasteiger partial charge in [0, 0.05) is 19.1 Å². The lowest BCUT2D eigenvalue weighted by atomic mass is 10.2. The number of carbonyl (C=O) groups excluding carboxylic acids is 1. The Balaban J connectivity index is 2.24. The van der Waals surface area contributed by atoms with Crippen molar-refractivity contribution < 1.29 is 4.79 Å². The standard InChI is InChI=1S/C17H23N3O2S/c1-11(2)20(12(3)4)15(21)10-23-17-18-14-9-7-6-8-13(14)16(22)19(17)5/h6-9,11-12H,10H2,1-5H3. The third-order valence-corrected chi connectivity index (χ3v) is 4.68. The van der Waals surface area contributed by atoms with E-state index in [1.165, 1.54) is 16.3 Å². The molecule has 23 heavy (non-hydrogen) atoms. The summed E-state index contributed by atoms with van der Waals surface area (Å²) < 4.78 is 1.51. The molecule has 0 fully saturated rings. The van der Waals surface area contributed by atoms with Crippen LogP contribution in [0.1, 0.15) is 27.7 Å². The van der Waals surface area contributed by atoms with Crippen LogP contribution in [0.5, 0.6) is 0 Å². The Morgan fingerprint density at radius 2 is 1.83 bits per heavy atom. The SMILES string of the molecule is CC(C)N(C(=O)CSc1nc2ccccc2c(=O)n1C)C(C)C. The van der Waals surface area contributed by atoms with Crippen LogP contribution in [0, 0.1) is 0 Å². The molecule has 6 heteroatoms. The summed E-state index contributed by atoms with van der Waals surface area (Å²) in [7, 11) is 1.69. The number of para-hydroxylation sites is 1. The second-order valence-corrected chi connectivity index (χ2v) is 7.00. The van der Waals surface area contributed by atoms with E-state index in [-0.39, 0.29) is 29.3 Å². The van der Waals surface area contributed by atoms with E-state index in [9.17, 15) is 9.59 Å². The van der Waals surface area contributed by atoms with E-state index in [4.69, 9.17) is 0 Å². The fourth-order valence-electron chi connectivity index (χ4n) is 2.70. The molecule has 5 nitrogen and oxygen atoms in total. The van der Waals surface area contributed by atoms with Crippen molar-refractivity contribution in [2.45, 2.75) is 44.9 Å². The fourth-order valence-corrected chi connectivity index (χ4v) is 3.54. The van der Waals surface area contributed by atoms with E-state index in [2.05, 4.69) is 4.98 Å². The van der Waals surface area contributed by atoms with Gasteiger partial charge in [0.25, 0.3) is 5.56 Å². The number of amides is 1. The predicted molar refractivity (Wildman–Crippen MR) is 94.8 cm³/mol. The second-order valence-electron chi connectivity index (χ2n) is 6.05. The van der Waals surface area contributed by atoms with E-state index in [1.54, 1.807) is 13.1 Å². The van der Waals surface area contributed by atoms with Gasteiger partial charge in [-0.25, -0.2) is 4.98 Å². The zero-order valence-corrected chi connectivity index (χ0v) is 15.1. The highest BCUT2D eigenvalue weighted by atomic mass is 32.2. The molecule has 2 aromatic rings. The molecule has 0 bridgehead atoms. The third-order valence-electron chi connectivity index (χ3n) is 3.67. The molecule has 1 amide bonds. The first kappa shape index (κ1) is 17.5. The van der Waals surface area contributed by atoms with Gasteiger partial charge >= 0.3 is 0 Å². The van der Waals surface area contributed by atoms with Crippen molar-refractivity contribution in [2.24, 2.45) is 7.05 Å². The van der Waals surface area contributed by atoms with Gasteiger partial charge in [0.15, 0.2) is 5.16 Å². The molecule has 0 saturated carbocycles. The highest BCUT2D eigenvalue weighted by Crippen LogP contribution is 2.18. The highest BCUT2D eigenvalue weighted by Gasteiger charge is 2.20. The van der Waals surface area contributed by atoms with Gasteiger partial charge in [-0.1, -0.05) is 23.9 Å². The molecule has 0 spiro atoms. The number of thioether (sulfide) groups is 1. The Labute approximate surface area is 140 Å². The Kier molecular flexibility index (Phi) is 5.46. The maximum atomic E-state index is 12.4. The largest absolute Gasteiger partial charge is 0.337 e. The maximum Gasteiger partial charge on any atom is 0.261 e. The van der Waals surface area contributed by atoms with Crippen LogP contribution < -0.4 is 5.56 Å². The molecule has 1 aromatic heterocycles. The molecule has 0 radical (unpaired) electrons. The molecule has 2 rings (SSSR count). The summed E-state index contributed by atoms with van der Waals surface area (Å²) in [5, 5.41) is 1.16. The summed E-state index contributed by atoms with van der Waals surface area (Å²) in [6.45, 7) is 8.03. The molecule has 0 N–H and O–H groups in total. The lowest BCUT2D eigenvalue weighted by molar-refractivity contribution is -0.131. The zero-order valence-electron chi connectivity index (χ0n) is 14.2. The summed E-state index contributed by atoms with van der Waals surface area (Å²) in [5.74, 6) is 0.331. The highest BCUT2D eigenvalue weighted by molar-refractivity contribution is 7.99. The van der Waals surface area contributed by atoms with Gasteiger partial charge in [0.2, 0.25) is 5.91 Å². The van der Waals surface area contributed by atoms with Gasteiger partial charge in [-0.05, 0) is 39.8 Å². The summed E-state index contributed by atoms with van der Waals surface area (Å²) in [6.07, 6.45) is 0. The van der Waals surface area contributed by atoms with Crippen molar-refractivity contribution in [3.63, 3.8) is 0 Å². The number of hydrogen-bond acceptors (Lipinski definition) is 4.